The van der Waals surface area contributed by atoms with Crippen LogP contribution in [-0.4, -0.2) is 31.2 Å². The molecule has 0 spiro atoms. The van der Waals surface area contributed by atoms with E-state index in [4.69, 9.17) is 0 Å². The third kappa shape index (κ3) is 3.68. The van der Waals surface area contributed by atoms with Gasteiger partial charge in [0.2, 0.25) is 11.8 Å². The van der Waals surface area contributed by atoms with E-state index in [9.17, 15) is 18.4 Å². The topological polar surface area (TPSA) is 79.9 Å². The Morgan fingerprint density at radius 3 is 2.71 bits per heavy atom. The largest absolute Gasteiger partial charge is 0.586 e. The molecule has 0 radical (unpaired) electrons. The monoisotopic (exact) mass is 389 g/mol. The third-order valence-corrected chi connectivity index (χ3v) is 4.39. The molecule has 0 unspecified atom stereocenters. The van der Waals surface area contributed by atoms with Crippen LogP contribution < -0.4 is 25.0 Å². The summed E-state index contributed by atoms with van der Waals surface area (Å²) in [5.41, 5.74) is 1.69. The van der Waals surface area contributed by atoms with Crippen molar-refractivity contribution in [3.63, 3.8) is 0 Å². The molecule has 2 amide bonds. The van der Waals surface area contributed by atoms with E-state index >= 15 is 0 Å². The Morgan fingerprint density at radius 1 is 1.14 bits per heavy atom. The summed E-state index contributed by atoms with van der Waals surface area (Å²) in [5.74, 6) is -0.567. The molecular formula is C19H17F2N3O4. The number of alkyl halides is 2. The lowest BCUT2D eigenvalue weighted by molar-refractivity contribution is -0.286. The van der Waals surface area contributed by atoms with Gasteiger partial charge >= 0.3 is 6.29 Å². The van der Waals surface area contributed by atoms with Gasteiger partial charge in [-0.25, -0.2) is 0 Å². The second kappa shape index (κ2) is 6.99. The summed E-state index contributed by atoms with van der Waals surface area (Å²) in [4.78, 5) is 25.9. The number of hydrogen-bond donors (Lipinski definition) is 2. The van der Waals surface area contributed by atoms with Crippen LogP contribution in [0.1, 0.15) is 12.8 Å². The predicted octanol–water partition coefficient (Wildman–Crippen LogP) is 3.19. The molecule has 0 aliphatic carbocycles. The van der Waals surface area contributed by atoms with Crippen molar-refractivity contribution in [2.45, 2.75) is 19.1 Å². The first-order valence-electron chi connectivity index (χ1n) is 8.74. The van der Waals surface area contributed by atoms with Gasteiger partial charge in [0.05, 0.1) is 17.9 Å². The number of halogens is 2. The molecule has 0 saturated carbocycles. The first-order chi connectivity index (χ1) is 13.4. The van der Waals surface area contributed by atoms with E-state index in [2.05, 4.69) is 20.1 Å². The van der Waals surface area contributed by atoms with Gasteiger partial charge in [-0.1, -0.05) is 12.1 Å². The van der Waals surface area contributed by atoms with Crippen LogP contribution in [0.25, 0.3) is 0 Å². The van der Waals surface area contributed by atoms with Crippen LogP contribution in [0.3, 0.4) is 0 Å². The van der Waals surface area contributed by atoms with Crippen molar-refractivity contribution >= 4 is 28.9 Å². The molecule has 1 fully saturated rings. The molecule has 1 saturated heterocycles. The van der Waals surface area contributed by atoms with E-state index in [1.54, 1.807) is 11.0 Å². The minimum atomic E-state index is -3.71. The van der Waals surface area contributed by atoms with Gasteiger partial charge in [0.1, 0.15) is 0 Å². The van der Waals surface area contributed by atoms with Crippen LogP contribution in [0.15, 0.2) is 42.5 Å². The Labute approximate surface area is 159 Å². The Morgan fingerprint density at radius 2 is 1.93 bits per heavy atom. The summed E-state index contributed by atoms with van der Waals surface area (Å²) in [6, 6.07) is 11.3. The molecule has 7 nitrogen and oxygen atoms in total. The maximum Gasteiger partial charge on any atom is 0.586 e. The molecule has 9 heteroatoms. The van der Waals surface area contributed by atoms with Crippen LogP contribution in [0.5, 0.6) is 11.5 Å². The van der Waals surface area contributed by atoms with E-state index in [-0.39, 0.29) is 29.9 Å². The van der Waals surface area contributed by atoms with Crippen molar-refractivity contribution in [1.82, 2.24) is 0 Å². The average molecular weight is 389 g/mol. The highest BCUT2D eigenvalue weighted by atomic mass is 19.3. The van der Waals surface area contributed by atoms with Crippen molar-refractivity contribution in [3.05, 3.63) is 42.5 Å². The Balaban J connectivity index is 1.39. The molecule has 2 aromatic carbocycles. The number of carbonyl (C=O) groups excluding carboxylic acids is 2. The highest BCUT2D eigenvalue weighted by Gasteiger charge is 2.43. The molecule has 2 heterocycles. The van der Waals surface area contributed by atoms with Gasteiger partial charge in [0.15, 0.2) is 11.5 Å². The van der Waals surface area contributed by atoms with Crippen molar-refractivity contribution in [3.8, 4) is 11.5 Å². The highest BCUT2D eigenvalue weighted by molar-refractivity contribution is 5.99. The zero-order valence-electron chi connectivity index (χ0n) is 14.7. The fourth-order valence-corrected chi connectivity index (χ4v) is 3.17. The lowest BCUT2D eigenvalue weighted by Gasteiger charge is -2.20. The number of hydrogen-bond acceptors (Lipinski definition) is 5. The van der Waals surface area contributed by atoms with Crippen LogP contribution in [-0.2, 0) is 9.59 Å². The van der Waals surface area contributed by atoms with Gasteiger partial charge in [0, 0.05) is 24.7 Å². The van der Waals surface area contributed by atoms with Crippen molar-refractivity contribution < 1.29 is 27.8 Å². The quantitative estimate of drug-likeness (QED) is 0.821. The van der Waals surface area contributed by atoms with E-state index in [0.717, 1.165) is 12.1 Å². The summed E-state index contributed by atoms with van der Waals surface area (Å²) in [5, 5.41) is 5.62. The minimum Gasteiger partial charge on any atom is -0.395 e. The van der Waals surface area contributed by atoms with Crippen LogP contribution in [0.2, 0.25) is 0 Å². The molecule has 0 bridgehead atoms. The van der Waals surface area contributed by atoms with Crippen molar-refractivity contribution in [2.75, 3.05) is 28.6 Å². The number of anilines is 3. The van der Waals surface area contributed by atoms with E-state index in [1.165, 1.54) is 18.2 Å². The fourth-order valence-electron chi connectivity index (χ4n) is 3.17. The SMILES string of the molecule is O=C(CNc1ccccc1N1CCCC1=O)Nc1ccc2c(c1)OC(F)(F)O2. The first-order valence-corrected chi connectivity index (χ1v) is 8.74. The van der Waals surface area contributed by atoms with E-state index < -0.39 is 6.29 Å². The zero-order chi connectivity index (χ0) is 19.7. The number of nitrogens with one attached hydrogen (secondary N) is 2. The maximum atomic E-state index is 13.1. The fraction of sp³-hybridized carbons (Fsp3) is 0.263. The van der Waals surface area contributed by atoms with Gasteiger partial charge in [-0.2, -0.15) is 0 Å². The number of carbonyl (C=O) groups is 2. The Kier molecular flexibility index (Phi) is 4.50. The summed E-state index contributed by atoms with van der Waals surface area (Å²) < 4.78 is 34.8. The normalized spacial score (nSPS) is 16.9. The lowest BCUT2D eigenvalue weighted by Crippen LogP contribution is -2.26. The molecule has 0 aromatic heterocycles. The standard InChI is InChI=1S/C19H17F2N3O4/c20-19(21)27-15-8-7-12(10-16(15)28-19)23-17(25)11-22-13-4-1-2-5-14(13)24-9-3-6-18(24)26/h1-2,4-5,7-8,10,22H,3,6,9,11H2,(H,23,25). The maximum absolute atomic E-state index is 13.1. The smallest absolute Gasteiger partial charge is 0.395 e. The summed E-state index contributed by atoms with van der Waals surface area (Å²) in [6.45, 7) is 0.579. The van der Waals surface area contributed by atoms with Gasteiger partial charge in [-0.05, 0) is 30.7 Å². The van der Waals surface area contributed by atoms with E-state index in [1.807, 2.05) is 18.2 Å². The van der Waals surface area contributed by atoms with Crippen molar-refractivity contribution in [1.29, 1.82) is 0 Å². The van der Waals surface area contributed by atoms with Gasteiger partial charge in [-0.3, -0.25) is 9.59 Å². The molecule has 28 heavy (non-hydrogen) atoms. The summed E-state index contributed by atoms with van der Waals surface area (Å²) in [7, 11) is 0. The minimum absolute atomic E-state index is 0.0517. The van der Waals surface area contributed by atoms with Gasteiger partial charge in [-0.15, -0.1) is 8.78 Å². The average Bonchev–Trinajstić information content (AvgIpc) is 3.21. The molecule has 2 aliphatic rings. The lowest BCUT2D eigenvalue weighted by atomic mass is 10.2. The van der Waals surface area contributed by atoms with E-state index in [0.29, 0.717) is 24.3 Å². The van der Waals surface area contributed by atoms with Crippen LogP contribution in [0.4, 0.5) is 25.8 Å². The number of benzene rings is 2. The summed E-state index contributed by atoms with van der Waals surface area (Å²) >= 11 is 0. The summed E-state index contributed by atoms with van der Waals surface area (Å²) in [6.07, 6.45) is -2.39. The molecule has 2 aromatic rings. The number of amides is 2. The second-order valence-electron chi connectivity index (χ2n) is 6.40. The number of fused-ring (bicyclic) bond motifs is 1. The predicted molar refractivity (Wildman–Crippen MR) is 97.8 cm³/mol. The van der Waals surface area contributed by atoms with Gasteiger partial charge < -0.3 is 25.0 Å². The molecule has 0 atom stereocenters. The second-order valence-corrected chi connectivity index (χ2v) is 6.40. The molecule has 2 aliphatic heterocycles. The number of ether oxygens (including phenoxy) is 2. The van der Waals surface area contributed by atoms with Crippen LogP contribution >= 0.6 is 0 Å². The Hall–Kier alpha value is -3.36. The number of rotatable bonds is 5. The van der Waals surface area contributed by atoms with Crippen LogP contribution in [0, 0.1) is 0 Å². The Bertz CT molecular complexity index is 935. The molecule has 2 N–H and O–H groups in total. The molecule has 4 rings (SSSR count). The third-order valence-electron chi connectivity index (χ3n) is 4.39. The van der Waals surface area contributed by atoms with Crippen molar-refractivity contribution in [2.24, 2.45) is 0 Å². The molecule has 146 valence electrons. The zero-order valence-corrected chi connectivity index (χ0v) is 14.7. The number of nitrogens with zero attached hydrogens (tertiary/aromatic N) is 1. The number of para-hydroxylation sites is 2. The first kappa shape index (κ1) is 18.0. The highest BCUT2D eigenvalue weighted by Crippen LogP contribution is 2.42. The molecular weight excluding hydrogens is 372 g/mol. The van der Waals surface area contributed by atoms with Gasteiger partial charge in [0.25, 0.3) is 0 Å².